The first kappa shape index (κ1) is 7.60. The molecule has 58 valence electrons. The summed E-state index contributed by atoms with van der Waals surface area (Å²) in [4.78, 5) is 10.7. The van der Waals surface area contributed by atoms with Gasteiger partial charge in [0, 0.05) is 0 Å². The number of phenolic OH excluding ortho intramolecular Hbond substituents is 1. The van der Waals surface area contributed by atoms with Crippen molar-refractivity contribution in [2.75, 3.05) is 0 Å². The number of aromatic hydroxyl groups is 1. The Morgan fingerprint density at radius 1 is 1.55 bits per heavy atom. The lowest BCUT2D eigenvalue weighted by Crippen LogP contribution is -2.01. The highest BCUT2D eigenvalue weighted by molar-refractivity contribution is 5.99. The molecular formula is C8H7O3-. The second kappa shape index (κ2) is 2.62. The molecule has 0 spiro atoms. The summed E-state index contributed by atoms with van der Waals surface area (Å²) in [5.74, 6) is -1.09. The molecule has 3 heteroatoms. The van der Waals surface area contributed by atoms with Crippen molar-refractivity contribution in [1.29, 1.82) is 0 Å². The molecule has 0 saturated heterocycles. The molecule has 1 aromatic carbocycles. The van der Waals surface area contributed by atoms with E-state index in [0.29, 0.717) is 0 Å². The molecule has 0 radical (unpaired) electrons. The van der Waals surface area contributed by atoms with Crippen LogP contribution in [0.3, 0.4) is 0 Å². The molecule has 0 atom stereocenters. The number of benzene rings is 1. The summed E-state index contributed by atoms with van der Waals surface area (Å²) in [5, 5.41) is 19.9. The van der Waals surface area contributed by atoms with Crippen molar-refractivity contribution in [1.82, 2.24) is 0 Å². The average Bonchev–Trinajstić information content (AvgIpc) is 1.85. The van der Waals surface area contributed by atoms with Crippen molar-refractivity contribution in [2.24, 2.45) is 0 Å². The van der Waals surface area contributed by atoms with Gasteiger partial charge in [0.15, 0.2) is 5.78 Å². The lowest BCUT2D eigenvalue weighted by Gasteiger charge is -2.10. The molecular weight excluding hydrogens is 144 g/mol. The van der Waals surface area contributed by atoms with E-state index in [4.69, 9.17) is 5.11 Å². The predicted molar refractivity (Wildman–Crippen MR) is 37.6 cm³/mol. The second-order valence-electron chi connectivity index (χ2n) is 2.21. The van der Waals surface area contributed by atoms with Crippen molar-refractivity contribution in [3.63, 3.8) is 0 Å². The summed E-state index contributed by atoms with van der Waals surface area (Å²) < 4.78 is 0. The highest BCUT2D eigenvalue weighted by Gasteiger charge is 2.04. The largest absolute Gasteiger partial charge is 0.872 e. The van der Waals surface area contributed by atoms with Crippen LogP contribution in [0.2, 0.25) is 0 Å². The molecule has 3 nitrogen and oxygen atoms in total. The standard InChI is InChI=1S/C8H8O3/c1-5(9)8-6(10)3-2-4-7(8)11/h2-4,10-11H,1H3/p-1. The summed E-state index contributed by atoms with van der Waals surface area (Å²) in [6, 6.07) is 3.97. The average molecular weight is 151 g/mol. The zero-order valence-electron chi connectivity index (χ0n) is 6.00. The smallest absolute Gasteiger partial charge is 0.162 e. The zero-order valence-corrected chi connectivity index (χ0v) is 6.00. The number of hydrogen-bond donors (Lipinski definition) is 1. The van der Waals surface area contributed by atoms with E-state index in [-0.39, 0.29) is 11.3 Å². The molecule has 0 aliphatic carbocycles. The fourth-order valence-electron chi connectivity index (χ4n) is 0.873. The lowest BCUT2D eigenvalue weighted by molar-refractivity contribution is -0.268. The van der Waals surface area contributed by atoms with E-state index in [2.05, 4.69) is 0 Å². The molecule has 1 rings (SSSR count). The molecule has 0 aromatic heterocycles. The molecule has 0 fully saturated rings. The number of carbonyl (C=O) groups excluding carboxylic acids is 1. The zero-order chi connectivity index (χ0) is 8.43. The Hall–Kier alpha value is -1.51. The predicted octanol–water partition coefficient (Wildman–Crippen LogP) is 0.668. The second-order valence-corrected chi connectivity index (χ2v) is 2.21. The maximum atomic E-state index is 10.9. The van der Waals surface area contributed by atoms with E-state index in [1.54, 1.807) is 0 Å². The number of Topliss-reactive ketones (excluding diaryl/α,β-unsaturated/α-hetero) is 1. The summed E-state index contributed by atoms with van der Waals surface area (Å²) in [5.41, 5.74) is -0.132. The van der Waals surface area contributed by atoms with Gasteiger partial charge >= 0.3 is 0 Å². The maximum absolute atomic E-state index is 10.9. The first-order valence-corrected chi connectivity index (χ1v) is 3.13. The van der Waals surface area contributed by atoms with Crippen molar-refractivity contribution in [3.05, 3.63) is 23.8 Å². The van der Waals surface area contributed by atoms with E-state index in [0.717, 1.165) is 0 Å². The minimum Gasteiger partial charge on any atom is -0.872 e. The molecule has 0 saturated carbocycles. The van der Waals surface area contributed by atoms with Gasteiger partial charge < -0.3 is 10.2 Å². The van der Waals surface area contributed by atoms with E-state index in [1.165, 1.54) is 25.1 Å². The number of carbonyl (C=O) groups is 1. The van der Waals surface area contributed by atoms with Crippen LogP contribution in [0.15, 0.2) is 18.2 Å². The Balaban J connectivity index is 3.32. The van der Waals surface area contributed by atoms with Crippen LogP contribution in [0.25, 0.3) is 0 Å². The first-order chi connectivity index (χ1) is 5.13. The number of ketones is 1. The van der Waals surface area contributed by atoms with Crippen LogP contribution in [-0.2, 0) is 0 Å². The number of phenols is 1. The lowest BCUT2D eigenvalue weighted by atomic mass is 10.1. The summed E-state index contributed by atoms with van der Waals surface area (Å²) >= 11 is 0. The van der Waals surface area contributed by atoms with Gasteiger partial charge in [-0.05, 0) is 13.0 Å². The Kier molecular flexibility index (Phi) is 1.81. The number of hydrogen-bond acceptors (Lipinski definition) is 3. The van der Waals surface area contributed by atoms with Gasteiger partial charge in [-0.25, -0.2) is 0 Å². The number of rotatable bonds is 1. The topological polar surface area (TPSA) is 60.4 Å². The third-order valence-electron chi connectivity index (χ3n) is 1.36. The van der Waals surface area contributed by atoms with Gasteiger partial charge in [-0.2, -0.15) is 0 Å². The van der Waals surface area contributed by atoms with E-state index in [9.17, 15) is 9.90 Å². The molecule has 0 aliphatic rings. The first-order valence-electron chi connectivity index (χ1n) is 3.13. The van der Waals surface area contributed by atoms with Crippen LogP contribution >= 0.6 is 0 Å². The third kappa shape index (κ3) is 1.32. The van der Waals surface area contributed by atoms with Crippen LogP contribution in [0.4, 0.5) is 0 Å². The quantitative estimate of drug-likeness (QED) is 0.600. The SMILES string of the molecule is CC(=O)c1c([O-])cccc1O. The molecule has 0 amide bonds. The van der Waals surface area contributed by atoms with Crippen molar-refractivity contribution in [2.45, 2.75) is 6.92 Å². The third-order valence-corrected chi connectivity index (χ3v) is 1.36. The minimum absolute atomic E-state index is 0.132. The summed E-state index contributed by atoms with van der Waals surface area (Å²) in [7, 11) is 0. The minimum atomic E-state index is -0.433. The normalized spacial score (nSPS) is 9.55. The summed E-state index contributed by atoms with van der Waals surface area (Å²) in [6.07, 6.45) is 0. The van der Waals surface area contributed by atoms with Crippen LogP contribution in [0.1, 0.15) is 17.3 Å². The molecule has 1 aromatic rings. The molecule has 11 heavy (non-hydrogen) atoms. The van der Waals surface area contributed by atoms with Gasteiger partial charge in [0.05, 0.1) is 5.56 Å². The van der Waals surface area contributed by atoms with Gasteiger partial charge in [-0.15, -0.1) is 0 Å². The van der Waals surface area contributed by atoms with Gasteiger partial charge in [0.25, 0.3) is 0 Å². The Morgan fingerprint density at radius 2 is 2.18 bits per heavy atom. The monoisotopic (exact) mass is 151 g/mol. The van der Waals surface area contributed by atoms with E-state index in [1.807, 2.05) is 0 Å². The van der Waals surface area contributed by atoms with Crippen molar-refractivity contribution in [3.8, 4) is 11.5 Å². The fourth-order valence-corrected chi connectivity index (χ4v) is 0.873. The highest BCUT2D eigenvalue weighted by atomic mass is 16.3. The summed E-state index contributed by atoms with van der Waals surface area (Å²) in [6.45, 7) is 1.25. The van der Waals surface area contributed by atoms with Gasteiger partial charge in [-0.1, -0.05) is 17.9 Å². The molecule has 0 aliphatic heterocycles. The fraction of sp³-hybridized carbons (Fsp3) is 0.125. The van der Waals surface area contributed by atoms with E-state index >= 15 is 0 Å². The maximum Gasteiger partial charge on any atom is 0.162 e. The molecule has 0 bridgehead atoms. The molecule has 1 N–H and O–H groups in total. The van der Waals surface area contributed by atoms with Crippen molar-refractivity contribution >= 4 is 5.78 Å². The van der Waals surface area contributed by atoms with Crippen molar-refractivity contribution < 1.29 is 15.0 Å². The Morgan fingerprint density at radius 3 is 2.55 bits per heavy atom. The molecule has 0 unspecified atom stereocenters. The van der Waals surface area contributed by atoms with Gasteiger partial charge in [0.2, 0.25) is 0 Å². The van der Waals surface area contributed by atoms with Gasteiger partial charge in [0.1, 0.15) is 5.75 Å². The molecule has 0 heterocycles. The van der Waals surface area contributed by atoms with Gasteiger partial charge in [-0.3, -0.25) is 4.79 Å². The van der Waals surface area contributed by atoms with Crippen LogP contribution < -0.4 is 5.11 Å². The highest BCUT2D eigenvalue weighted by Crippen LogP contribution is 2.23. The Bertz CT molecular complexity index is 271. The van der Waals surface area contributed by atoms with Crippen LogP contribution in [-0.4, -0.2) is 10.9 Å². The Labute approximate surface area is 63.9 Å². The van der Waals surface area contributed by atoms with Crippen LogP contribution in [0, 0.1) is 0 Å². The van der Waals surface area contributed by atoms with Crippen LogP contribution in [0.5, 0.6) is 11.5 Å². The van der Waals surface area contributed by atoms with E-state index < -0.39 is 11.5 Å².